The predicted molar refractivity (Wildman–Crippen MR) is 111 cm³/mol. The van der Waals surface area contributed by atoms with E-state index in [9.17, 15) is 0 Å². The molecular formula is C22H26N4O. The van der Waals surface area contributed by atoms with E-state index in [-0.39, 0.29) is 0 Å². The third-order valence-corrected chi connectivity index (χ3v) is 4.26. The molecule has 0 aliphatic heterocycles. The summed E-state index contributed by atoms with van der Waals surface area (Å²) < 4.78 is 5.84. The van der Waals surface area contributed by atoms with Crippen molar-refractivity contribution >= 4 is 17.5 Å². The number of aryl methyl sites for hydroxylation is 1. The van der Waals surface area contributed by atoms with Crippen molar-refractivity contribution in [3.8, 4) is 5.75 Å². The Morgan fingerprint density at radius 2 is 1.63 bits per heavy atom. The molecule has 5 nitrogen and oxygen atoms in total. The molecule has 0 fully saturated rings. The molecule has 0 aliphatic carbocycles. The van der Waals surface area contributed by atoms with Crippen LogP contribution in [0.1, 0.15) is 25.1 Å². The van der Waals surface area contributed by atoms with Crippen molar-refractivity contribution in [2.75, 3.05) is 23.3 Å². The lowest BCUT2D eigenvalue weighted by atomic mass is 10.2. The number of hydrogen-bond donors (Lipinski definition) is 1. The molecule has 3 rings (SSSR count). The standard InChI is InChI=1S/C22H26N4O/c1-4-26(5-2)22-23-17(3)15-21(25-22)24-19-11-13-20(14-12-19)27-16-18-9-7-6-8-10-18/h6-15H,4-5,16H2,1-3H3,(H,23,24,25). The third kappa shape index (κ3) is 5.20. The molecule has 0 aliphatic rings. The molecule has 0 unspecified atom stereocenters. The van der Waals surface area contributed by atoms with Crippen molar-refractivity contribution in [3.63, 3.8) is 0 Å². The molecular weight excluding hydrogens is 336 g/mol. The van der Waals surface area contributed by atoms with E-state index in [2.05, 4.69) is 46.2 Å². The highest BCUT2D eigenvalue weighted by Crippen LogP contribution is 2.21. The highest BCUT2D eigenvalue weighted by Gasteiger charge is 2.08. The van der Waals surface area contributed by atoms with Gasteiger partial charge in [-0.05, 0) is 50.6 Å². The van der Waals surface area contributed by atoms with E-state index in [0.717, 1.165) is 47.5 Å². The Balaban J connectivity index is 1.66. The van der Waals surface area contributed by atoms with Crippen LogP contribution in [0.25, 0.3) is 0 Å². The molecule has 5 heteroatoms. The molecule has 3 aromatic rings. The minimum atomic E-state index is 0.561. The zero-order chi connectivity index (χ0) is 19.1. The second-order valence-electron chi connectivity index (χ2n) is 6.29. The van der Waals surface area contributed by atoms with Crippen LogP contribution < -0.4 is 15.0 Å². The summed E-state index contributed by atoms with van der Waals surface area (Å²) in [5, 5.41) is 3.36. The van der Waals surface area contributed by atoms with Gasteiger partial charge in [0.25, 0.3) is 0 Å². The molecule has 1 heterocycles. The quantitative estimate of drug-likeness (QED) is 0.614. The lowest BCUT2D eigenvalue weighted by molar-refractivity contribution is 0.306. The molecule has 0 radical (unpaired) electrons. The van der Waals surface area contributed by atoms with Crippen molar-refractivity contribution < 1.29 is 4.74 Å². The van der Waals surface area contributed by atoms with E-state index < -0.39 is 0 Å². The number of nitrogens with zero attached hydrogens (tertiary/aromatic N) is 3. The summed E-state index contributed by atoms with van der Waals surface area (Å²) in [5.74, 6) is 2.39. The number of ether oxygens (including phenoxy) is 1. The molecule has 0 saturated carbocycles. The Bertz CT molecular complexity index is 846. The van der Waals surface area contributed by atoms with E-state index in [1.54, 1.807) is 0 Å². The zero-order valence-corrected chi connectivity index (χ0v) is 16.1. The van der Waals surface area contributed by atoms with Gasteiger partial charge in [0, 0.05) is 30.5 Å². The molecule has 1 N–H and O–H groups in total. The van der Waals surface area contributed by atoms with Gasteiger partial charge in [0.15, 0.2) is 0 Å². The van der Waals surface area contributed by atoms with Gasteiger partial charge in [-0.3, -0.25) is 0 Å². The van der Waals surface area contributed by atoms with Gasteiger partial charge in [-0.1, -0.05) is 30.3 Å². The molecule has 0 amide bonds. The summed E-state index contributed by atoms with van der Waals surface area (Å²) in [7, 11) is 0. The minimum absolute atomic E-state index is 0.561. The fourth-order valence-electron chi connectivity index (χ4n) is 2.79. The largest absolute Gasteiger partial charge is 0.489 e. The van der Waals surface area contributed by atoms with Gasteiger partial charge in [-0.25, -0.2) is 4.98 Å². The van der Waals surface area contributed by atoms with E-state index in [1.165, 1.54) is 0 Å². The average Bonchev–Trinajstić information content (AvgIpc) is 2.69. The van der Waals surface area contributed by atoms with Gasteiger partial charge in [-0.2, -0.15) is 4.98 Å². The summed E-state index contributed by atoms with van der Waals surface area (Å²) >= 11 is 0. The summed E-state index contributed by atoms with van der Waals surface area (Å²) in [5.41, 5.74) is 3.06. The summed E-state index contributed by atoms with van der Waals surface area (Å²) in [6.45, 7) is 8.53. The first-order valence-corrected chi connectivity index (χ1v) is 9.32. The topological polar surface area (TPSA) is 50.3 Å². The summed E-state index contributed by atoms with van der Waals surface area (Å²) in [4.78, 5) is 11.3. The second kappa shape index (κ2) is 9.03. The second-order valence-corrected chi connectivity index (χ2v) is 6.29. The monoisotopic (exact) mass is 362 g/mol. The summed E-state index contributed by atoms with van der Waals surface area (Å²) in [6, 6.07) is 20.0. The fourth-order valence-corrected chi connectivity index (χ4v) is 2.79. The Hall–Kier alpha value is -3.08. The Morgan fingerprint density at radius 3 is 2.30 bits per heavy atom. The van der Waals surface area contributed by atoms with Crippen LogP contribution in [0.15, 0.2) is 60.7 Å². The molecule has 27 heavy (non-hydrogen) atoms. The first-order chi connectivity index (χ1) is 13.2. The van der Waals surface area contributed by atoms with Crippen LogP contribution in [0.3, 0.4) is 0 Å². The van der Waals surface area contributed by atoms with Crippen molar-refractivity contribution in [2.24, 2.45) is 0 Å². The van der Waals surface area contributed by atoms with Crippen molar-refractivity contribution in [1.29, 1.82) is 0 Å². The molecule has 1 aromatic heterocycles. The molecule has 0 atom stereocenters. The molecule has 0 spiro atoms. The highest BCUT2D eigenvalue weighted by atomic mass is 16.5. The smallest absolute Gasteiger partial charge is 0.227 e. The van der Waals surface area contributed by atoms with Crippen LogP contribution >= 0.6 is 0 Å². The number of rotatable bonds is 8. The van der Waals surface area contributed by atoms with E-state index in [0.29, 0.717) is 6.61 Å². The minimum Gasteiger partial charge on any atom is -0.489 e. The SMILES string of the molecule is CCN(CC)c1nc(C)cc(Nc2ccc(OCc3ccccc3)cc2)n1. The normalized spacial score (nSPS) is 10.5. The lowest BCUT2D eigenvalue weighted by Crippen LogP contribution is -2.24. The Kier molecular flexibility index (Phi) is 6.26. The summed E-state index contributed by atoms with van der Waals surface area (Å²) in [6.07, 6.45) is 0. The molecule has 0 saturated heterocycles. The number of hydrogen-bond acceptors (Lipinski definition) is 5. The van der Waals surface area contributed by atoms with Crippen LogP contribution in [0.2, 0.25) is 0 Å². The number of anilines is 3. The zero-order valence-electron chi connectivity index (χ0n) is 16.1. The Labute approximate surface area is 161 Å². The van der Waals surface area contributed by atoms with Crippen molar-refractivity contribution in [3.05, 3.63) is 71.9 Å². The number of nitrogens with one attached hydrogen (secondary N) is 1. The van der Waals surface area contributed by atoms with E-state index in [4.69, 9.17) is 4.74 Å². The van der Waals surface area contributed by atoms with Gasteiger partial charge in [0.2, 0.25) is 5.95 Å². The lowest BCUT2D eigenvalue weighted by Gasteiger charge is -2.19. The molecule has 2 aromatic carbocycles. The first kappa shape index (κ1) is 18.7. The van der Waals surface area contributed by atoms with Gasteiger partial charge >= 0.3 is 0 Å². The molecule has 140 valence electrons. The van der Waals surface area contributed by atoms with Crippen LogP contribution in [-0.2, 0) is 6.61 Å². The first-order valence-electron chi connectivity index (χ1n) is 9.32. The average molecular weight is 362 g/mol. The van der Waals surface area contributed by atoms with E-state index in [1.807, 2.05) is 55.5 Å². The van der Waals surface area contributed by atoms with Crippen LogP contribution in [0.4, 0.5) is 17.5 Å². The van der Waals surface area contributed by atoms with E-state index >= 15 is 0 Å². The molecule has 0 bridgehead atoms. The van der Waals surface area contributed by atoms with Gasteiger partial charge in [-0.15, -0.1) is 0 Å². The maximum atomic E-state index is 5.84. The van der Waals surface area contributed by atoms with Crippen LogP contribution in [0.5, 0.6) is 5.75 Å². The van der Waals surface area contributed by atoms with Gasteiger partial charge in [0.05, 0.1) is 0 Å². The maximum absolute atomic E-state index is 5.84. The fraction of sp³-hybridized carbons (Fsp3) is 0.273. The highest BCUT2D eigenvalue weighted by molar-refractivity contribution is 5.58. The van der Waals surface area contributed by atoms with Gasteiger partial charge in [0.1, 0.15) is 18.2 Å². The van der Waals surface area contributed by atoms with Crippen LogP contribution in [0, 0.1) is 6.92 Å². The van der Waals surface area contributed by atoms with Crippen molar-refractivity contribution in [2.45, 2.75) is 27.4 Å². The predicted octanol–water partition coefficient (Wildman–Crippen LogP) is 4.95. The number of benzene rings is 2. The number of aromatic nitrogens is 2. The van der Waals surface area contributed by atoms with Crippen LogP contribution in [-0.4, -0.2) is 23.1 Å². The maximum Gasteiger partial charge on any atom is 0.227 e. The van der Waals surface area contributed by atoms with Crippen molar-refractivity contribution in [1.82, 2.24) is 9.97 Å². The Morgan fingerprint density at radius 1 is 0.926 bits per heavy atom. The third-order valence-electron chi connectivity index (χ3n) is 4.26. The van der Waals surface area contributed by atoms with Gasteiger partial charge < -0.3 is 15.0 Å².